The zero-order chi connectivity index (χ0) is 28.9. The number of halogens is 2. The molecule has 2 aromatic carbocycles. The van der Waals surface area contributed by atoms with Gasteiger partial charge in [-0.15, -0.1) is 0 Å². The first kappa shape index (κ1) is 28.7. The molecule has 0 atom stereocenters. The number of nitrogens with zero attached hydrogens (tertiary/aromatic N) is 5. The number of ether oxygens (including phenoxy) is 2. The molecule has 1 saturated heterocycles. The normalized spacial score (nSPS) is 14.3. The number of imidazole rings is 1. The van der Waals surface area contributed by atoms with Gasteiger partial charge in [0.25, 0.3) is 0 Å². The Bertz CT molecular complexity index is 1610. The van der Waals surface area contributed by atoms with Crippen LogP contribution >= 0.6 is 11.6 Å². The molecule has 0 unspecified atom stereocenters. The minimum atomic E-state index is -0.468. The Morgan fingerprint density at radius 2 is 1.98 bits per heavy atom. The summed E-state index contributed by atoms with van der Waals surface area (Å²) in [7, 11) is 1.66. The number of likely N-dealkylation sites (tertiary alicyclic amines) is 1. The van der Waals surface area contributed by atoms with Gasteiger partial charge in [0.05, 0.1) is 35.3 Å². The summed E-state index contributed by atoms with van der Waals surface area (Å²) in [6.45, 7) is 5.09. The second-order valence-corrected chi connectivity index (χ2v) is 10.6. The number of hydrogen-bond donors (Lipinski definition) is 0. The molecular formula is C31H31ClFN5O3. The minimum absolute atomic E-state index is 0.0361. The Hall–Kier alpha value is -3.84. The Labute approximate surface area is 243 Å². The molecule has 2 aromatic heterocycles. The number of benzene rings is 2. The molecule has 5 rings (SSSR count). The lowest BCUT2D eigenvalue weighted by Gasteiger charge is -2.31. The molecule has 1 aliphatic rings. The number of nitriles is 1. The summed E-state index contributed by atoms with van der Waals surface area (Å²) in [5, 5.41) is 9.40. The number of methoxy groups -OCH3 is 1. The van der Waals surface area contributed by atoms with Crippen LogP contribution in [0.5, 0.6) is 5.88 Å². The van der Waals surface area contributed by atoms with Crippen LogP contribution in [0.25, 0.3) is 11.0 Å². The average molecular weight is 576 g/mol. The van der Waals surface area contributed by atoms with Crippen LogP contribution in [0.15, 0.2) is 48.5 Å². The number of fused-ring (bicyclic) bond motifs is 1. The molecule has 4 aromatic rings. The van der Waals surface area contributed by atoms with Gasteiger partial charge in [-0.1, -0.05) is 23.7 Å². The zero-order valence-electron chi connectivity index (χ0n) is 23.1. The van der Waals surface area contributed by atoms with Gasteiger partial charge < -0.3 is 14.0 Å². The van der Waals surface area contributed by atoms with Crippen molar-refractivity contribution in [2.24, 2.45) is 0 Å². The molecule has 8 nitrogen and oxygen atoms in total. The van der Waals surface area contributed by atoms with Gasteiger partial charge in [0.15, 0.2) is 5.78 Å². The third kappa shape index (κ3) is 6.57. The van der Waals surface area contributed by atoms with Crippen molar-refractivity contribution in [3.63, 3.8) is 0 Å². The summed E-state index contributed by atoms with van der Waals surface area (Å²) in [6.07, 6.45) is 1.85. The molecule has 0 amide bonds. The summed E-state index contributed by atoms with van der Waals surface area (Å²) < 4.78 is 27.5. The number of aromatic nitrogens is 3. The number of Topliss-reactive ketones (excluding diaryl/α,β-unsaturated/α-hetero) is 1. The van der Waals surface area contributed by atoms with E-state index < -0.39 is 5.82 Å². The van der Waals surface area contributed by atoms with Gasteiger partial charge in [0.2, 0.25) is 5.88 Å². The predicted octanol–water partition coefficient (Wildman–Crippen LogP) is 5.90. The summed E-state index contributed by atoms with van der Waals surface area (Å²) >= 11 is 6.53. The first-order chi connectivity index (χ1) is 19.9. The van der Waals surface area contributed by atoms with Crippen molar-refractivity contribution in [2.75, 3.05) is 26.8 Å². The van der Waals surface area contributed by atoms with Crippen molar-refractivity contribution in [3.8, 4) is 11.9 Å². The van der Waals surface area contributed by atoms with E-state index in [-0.39, 0.29) is 23.9 Å². The molecule has 10 heteroatoms. The maximum atomic E-state index is 14.2. The molecule has 0 bridgehead atoms. The van der Waals surface area contributed by atoms with Gasteiger partial charge in [-0.25, -0.2) is 14.4 Å². The first-order valence-corrected chi connectivity index (χ1v) is 13.9. The highest BCUT2D eigenvalue weighted by molar-refractivity contribution is 6.35. The topological polar surface area (TPSA) is 93.3 Å². The number of rotatable bonds is 10. The number of ketones is 1. The zero-order valence-corrected chi connectivity index (χ0v) is 23.8. The Morgan fingerprint density at radius 3 is 2.68 bits per heavy atom. The maximum absolute atomic E-state index is 14.2. The van der Waals surface area contributed by atoms with Crippen molar-refractivity contribution < 1.29 is 18.7 Å². The largest absolute Gasteiger partial charge is 0.473 e. The van der Waals surface area contributed by atoms with Crippen molar-refractivity contribution in [2.45, 2.75) is 45.4 Å². The number of pyridine rings is 1. The predicted molar refractivity (Wildman–Crippen MR) is 154 cm³/mol. The standard InChI is InChI=1S/C31H31ClFN5O3/c1-20(39)24-15-25(32)31-28(16-24)38(12-13-40-2)29(36-31)18-37-10-8-22(9-11-37)27-4-3-5-30(35-27)41-19-23-7-6-21(17-34)14-26(23)33/h3-7,14-16,22H,8-13,18-19H2,1-2H3. The third-order valence-electron chi connectivity index (χ3n) is 7.49. The van der Waals surface area contributed by atoms with Gasteiger partial charge in [-0.2, -0.15) is 5.26 Å². The SMILES string of the molecule is COCCn1c(CN2CCC(c3cccc(OCc4ccc(C#N)cc4F)n3)CC2)nc2c(Cl)cc(C(C)=O)cc21. The van der Waals surface area contributed by atoms with Crippen molar-refractivity contribution in [1.29, 1.82) is 5.26 Å². The molecule has 41 heavy (non-hydrogen) atoms. The molecule has 1 aliphatic heterocycles. The van der Waals surface area contributed by atoms with Gasteiger partial charge in [0.1, 0.15) is 23.8 Å². The highest BCUT2D eigenvalue weighted by Gasteiger charge is 2.24. The van der Waals surface area contributed by atoms with E-state index in [0.717, 1.165) is 43.0 Å². The Balaban J connectivity index is 1.24. The van der Waals surface area contributed by atoms with Crippen LogP contribution < -0.4 is 4.74 Å². The van der Waals surface area contributed by atoms with Crippen molar-refractivity contribution in [1.82, 2.24) is 19.4 Å². The quantitative estimate of drug-likeness (QED) is 0.217. The van der Waals surface area contributed by atoms with Gasteiger partial charge in [-0.3, -0.25) is 9.69 Å². The highest BCUT2D eigenvalue weighted by Crippen LogP contribution is 2.31. The van der Waals surface area contributed by atoms with E-state index in [0.29, 0.717) is 47.2 Å². The van der Waals surface area contributed by atoms with Gasteiger partial charge in [0, 0.05) is 42.5 Å². The first-order valence-electron chi connectivity index (χ1n) is 13.6. The monoisotopic (exact) mass is 575 g/mol. The summed E-state index contributed by atoms with van der Waals surface area (Å²) in [5.41, 5.74) is 3.70. The lowest BCUT2D eigenvalue weighted by atomic mass is 9.93. The van der Waals surface area contributed by atoms with E-state index in [1.54, 1.807) is 31.4 Å². The smallest absolute Gasteiger partial charge is 0.213 e. The summed E-state index contributed by atoms with van der Waals surface area (Å²) in [4.78, 5) is 24.0. The van der Waals surface area contributed by atoms with E-state index in [9.17, 15) is 9.18 Å². The lowest BCUT2D eigenvalue weighted by molar-refractivity contribution is 0.101. The van der Waals surface area contributed by atoms with Crippen molar-refractivity contribution in [3.05, 3.63) is 87.6 Å². The fraction of sp³-hybridized carbons (Fsp3) is 0.355. The number of hydrogen-bond acceptors (Lipinski definition) is 7. The molecule has 3 heterocycles. The third-order valence-corrected chi connectivity index (χ3v) is 7.77. The Morgan fingerprint density at radius 1 is 1.17 bits per heavy atom. The molecule has 0 N–H and O–H groups in total. The average Bonchev–Trinajstić information content (AvgIpc) is 3.33. The van der Waals surface area contributed by atoms with Gasteiger partial charge >= 0.3 is 0 Å². The van der Waals surface area contributed by atoms with E-state index in [1.807, 2.05) is 24.3 Å². The summed E-state index contributed by atoms with van der Waals surface area (Å²) in [6, 6.07) is 15.5. The van der Waals surface area contributed by atoms with Crippen LogP contribution in [0.1, 0.15) is 58.7 Å². The van der Waals surface area contributed by atoms with Crippen LogP contribution in [0.2, 0.25) is 5.02 Å². The van der Waals surface area contributed by atoms with E-state index in [2.05, 4.69) is 9.47 Å². The maximum Gasteiger partial charge on any atom is 0.213 e. The number of carbonyl (C=O) groups is 1. The van der Waals surface area contributed by atoms with E-state index >= 15 is 0 Å². The van der Waals surface area contributed by atoms with Crippen LogP contribution in [0, 0.1) is 17.1 Å². The lowest BCUT2D eigenvalue weighted by Crippen LogP contribution is -2.33. The second-order valence-electron chi connectivity index (χ2n) is 10.2. The van der Waals surface area contributed by atoms with Crippen LogP contribution in [0.3, 0.4) is 0 Å². The van der Waals surface area contributed by atoms with Gasteiger partial charge in [-0.05, 0) is 63.2 Å². The highest BCUT2D eigenvalue weighted by atomic mass is 35.5. The Kier molecular flexibility index (Phi) is 8.93. The molecule has 1 fully saturated rings. The molecule has 0 saturated carbocycles. The summed E-state index contributed by atoms with van der Waals surface area (Å²) in [5.74, 6) is 1.11. The molecule has 0 radical (unpaired) electrons. The fourth-order valence-corrected chi connectivity index (χ4v) is 5.45. The van der Waals surface area contributed by atoms with E-state index in [1.165, 1.54) is 13.0 Å². The van der Waals surface area contributed by atoms with E-state index in [4.69, 9.17) is 36.3 Å². The van der Waals surface area contributed by atoms with Crippen molar-refractivity contribution >= 4 is 28.4 Å². The molecule has 0 aliphatic carbocycles. The molecule has 212 valence electrons. The molecule has 0 spiro atoms. The fourth-order valence-electron chi connectivity index (χ4n) is 5.20. The molecular weight excluding hydrogens is 545 g/mol. The number of piperidine rings is 1. The van der Waals surface area contributed by atoms with Crippen LogP contribution in [-0.2, 0) is 24.4 Å². The number of carbonyl (C=O) groups excluding carboxylic acids is 1. The van der Waals surface area contributed by atoms with Crippen LogP contribution in [-0.4, -0.2) is 52.0 Å². The van der Waals surface area contributed by atoms with Crippen LogP contribution in [0.4, 0.5) is 4.39 Å². The minimum Gasteiger partial charge on any atom is -0.473 e. The second kappa shape index (κ2) is 12.8.